The molecule has 0 amide bonds. The second kappa shape index (κ2) is 5.08. The van der Waals surface area contributed by atoms with E-state index in [-0.39, 0.29) is 5.78 Å². The first kappa shape index (κ1) is 13.4. The van der Waals surface area contributed by atoms with Crippen LogP contribution in [-0.2, 0) is 10.3 Å². The van der Waals surface area contributed by atoms with Crippen LogP contribution >= 0.6 is 11.8 Å². The van der Waals surface area contributed by atoms with E-state index >= 15 is 0 Å². The molecule has 1 aliphatic heterocycles. The predicted octanol–water partition coefficient (Wildman–Crippen LogP) is 4.25. The molecule has 3 heteroatoms. The van der Waals surface area contributed by atoms with Crippen LogP contribution in [0, 0.1) is 0 Å². The number of carbonyl (C=O) groups excluding carboxylic acids is 1. The monoisotopic (exact) mass is 284 g/mol. The molecule has 0 radical (unpaired) electrons. The average Bonchev–Trinajstić information content (AvgIpc) is 2.47. The highest BCUT2D eigenvalue weighted by Crippen LogP contribution is 2.43. The molecule has 0 fully saturated rings. The number of Topliss-reactive ketones (excluding diaryl/α,β-unsaturated/α-hetero) is 1. The summed E-state index contributed by atoms with van der Waals surface area (Å²) in [6.07, 6.45) is 0. The first-order valence-electron chi connectivity index (χ1n) is 6.61. The fourth-order valence-corrected chi connectivity index (χ4v) is 3.74. The molecule has 0 saturated heterocycles. The van der Waals surface area contributed by atoms with Crippen LogP contribution in [0.1, 0.15) is 29.8 Å². The number of rotatable bonds is 2. The average molecular weight is 284 g/mol. The van der Waals surface area contributed by atoms with Gasteiger partial charge in [0.1, 0.15) is 0 Å². The maximum atomic E-state index is 12.6. The highest BCUT2D eigenvalue weighted by atomic mass is 32.2. The number of fused-ring (bicyclic) bond motifs is 1. The number of ketones is 1. The summed E-state index contributed by atoms with van der Waals surface area (Å²) in [6.45, 7) is 4.02. The normalized spacial score (nSPS) is 20.2. The van der Waals surface area contributed by atoms with E-state index in [2.05, 4.69) is 12.1 Å². The largest absolute Gasteiger partial charge is 0.348 e. The van der Waals surface area contributed by atoms with Crippen molar-refractivity contribution in [3.8, 4) is 0 Å². The lowest BCUT2D eigenvalue weighted by atomic mass is 9.97. The van der Waals surface area contributed by atoms with E-state index in [1.165, 1.54) is 11.8 Å². The van der Waals surface area contributed by atoms with Crippen molar-refractivity contribution in [1.82, 2.24) is 0 Å². The number of ether oxygens (including phenoxy) is 1. The number of thioether (sulfide) groups is 1. The van der Waals surface area contributed by atoms with Gasteiger partial charge in [-0.25, -0.2) is 0 Å². The molecule has 2 aromatic rings. The summed E-state index contributed by atoms with van der Waals surface area (Å²) >= 11 is 1.49. The van der Waals surface area contributed by atoms with E-state index in [9.17, 15) is 4.79 Å². The van der Waals surface area contributed by atoms with E-state index in [1.807, 2.05) is 56.3 Å². The Balaban J connectivity index is 1.94. The predicted molar refractivity (Wildman–Crippen MR) is 81.0 cm³/mol. The van der Waals surface area contributed by atoms with E-state index in [1.54, 1.807) is 0 Å². The van der Waals surface area contributed by atoms with Gasteiger partial charge in [0.15, 0.2) is 5.44 Å². The van der Waals surface area contributed by atoms with Crippen LogP contribution < -0.4 is 0 Å². The molecule has 0 N–H and O–H groups in total. The summed E-state index contributed by atoms with van der Waals surface area (Å²) in [5.74, 6) is 0.0261. The molecule has 102 valence electrons. The molecule has 0 saturated carbocycles. The maximum absolute atomic E-state index is 12.6. The number of benzene rings is 2. The Hall–Kier alpha value is -1.58. The van der Waals surface area contributed by atoms with Gasteiger partial charge in [0.25, 0.3) is 0 Å². The summed E-state index contributed by atoms with van der Waals surface area (Å²) in [5.41, 5.74) is 0.904. The Morgan fingerprint density at radius 1 is 1.05 bits per heavy atom. The van der Waals surface area contributed by atoms with E-state index in [0.29, 0.717) is 5.56 Å². The third-order valence-corrected chi connectivity index (χ3v) is 4.58. The molecule has 0 spiro atoms. The topological polar surface area (TPSA) is 26.3 Å². The van der Waals surface area contributed by atoms with Gasteiger partial charge in [-0.05, 0) is 25.5 Å². The molecule has 2 aromatic carbocycles. The van der Waals surface area contributed by atoms with Gasteiger partial charge in [-0.3, -0.25) is 4.79 Å². The van der Waals surface area contributed by atoms with Crippen LogP contribution in [0.4, 0.5) is 0 Å². The first-order chi connectivity index (χ1) is 9.58. The minimum Gasteiger partial charge on any atom is -0.348 e. The van der Waals surface area contributed by atoms with E-state index < -0.39 is 11.0 Å². The number of hydrogen-bond donors (Lipinski definition) is 0. The van der Waals surface area contributed by atoms with Crippen molar-refractivity contribution in [1.29, 1.82) is 0 Å². The molecule has 3 rings (SSSR count). The van der Waals surface area contributed by atoms with Crippen molar-refractivity contribution in [2.24, 2.45) is 0 Å². The van der Waals surface area contributed by atoms with Crippen molar-refractivity contribution in [2.45, 2.75) is 29.8 Å². The van der Waals surface area contributed by atoms with Crippen LogP contribution in [0.15, 0.2) is 59.5 Å². The zero-order valence-corrected chi connectivity index (χ0v) is 12.3. The molecule has 0 aliphatic carbocycles. The lowest BCUT2D eigenvalue weighted by Crippen LogP contribution is -2.35. The zero-order chi connectivity index (χ0) is 14.2. The van der Waals surface area contributed by atoms with E-state index in [0.717, 1.165) is 10.5 Å². The first-order valence-corrected chi connectivity index (χ1v) is 7.49. The molecular weight excluding hydrogens is 268 g/mol. The molecule has 0 bridgehead atoms. The quantitative estimate of drug-likeness (QED) is 0.771. The smallest absolute Gasteiger partial charge is 0.202 e. The van der Waals surface area contributed by atoms with Gasteiger partial charge in [-0.2, -0.15) is 0 Å². The molecule has 0 aromatic heterocycles. The van der Waals surface area contributed by atoms with Crippen molar-refractivity contribution in [2.75, 3.05) is 0 Å². The highest BCUT2D eigenvalue weighted by Gasteiger charge is 2.37. The molecule has 2 nitrogen and oxygen atoms in total. The summed E-state index contributed by atoms with van der Waals surface area (Å²) in [6, 6.07) is 17.4. The van der Waals surface area contributed by atoms with Crippen LogP contribution in [-0.4, -0.2) is 11.2 Å². The Morgan fingerprint density at radius 2 is 1.70 bits per heavy atom. The van der Waals surface area contributed by atoms with Crippen LogP contribution in [0.5, 0.6) is 0 Å². The minimum atomic E-state index is -0.484. The van der Waals surface area contributed by atoms with Gasteiger partial charge in [0, 0.05) is 10.5 Å². The molecular formula is C17H16O2S. The third-order valence-electron chi connectivity index (χ3n) is 3.44. The fourth-order valence-electron chi connectivity index (χ4n) is 2.38. The van der Waals surface area contributed by atoms with Gasteiger partial charge in [0.05, 0.1) is 5.60 Å². The third kappa shape index (κ3) is 2.39. The second-order valence-electron chi connectivity index (χ2n) is 5.30. The highest BCUT2D eigenvalue weighted by molar-refractivity contribution is 8.00. The standard InChI is InChI=1S/C17H16O2S/c1-17(2)13-10-6-7-11-14(13)20-16(19-17)15(18)12-8-4-3-5-9-12/h3-11,16H,1-2H3. The van der Waals surface area contributed by atoms with Gasteiger partial charge >= 0.3 is 0 Å². The Morgan fingerprint density at radius 3 is 2.45 bits per heavy atom. The van der Waals surface area contributed by atoms with Crippen molar-refractivity contribution in [3.05, 3.63) is 65.7 Å². The number of hydrogen-bond acceptors (Lipinski definition) is 3. The maximum Gasteiger partial charge on any atom is 0.202 e. The molecule has 1 unspecified atom stereocenters. The van der Waals surface area contributed by atoms with Crippen molar-refractivity contribution >= 4 is 17.5 Å². The Labute approximate surface area is 123 Å². The lowest BCUT2D eigenvalue weighted by Gasteiger charge is -2.36. The van der Waals surface area contributed by atoms with Gasteiger partial charge in [-0.15, -0.1) is 0 Å². The summed E-state index contributed by atoms with van der Waals surface area (Å²) < 4.78 is 6.03. The molecule has 1 heterocycles. The molecule has 1 atom stereocenters. The Bertz CT molecular complexity index is 634. The summed E-state index contributed by atoms with van der Waals surface area (Å²) in [5, 5.41) is 0. The van der Waals surface area contributed by atoms with Crippen LogP contribution in [0.3, 0.4) is 0 Å². The van der Waals surface area contributed by atoms with Gasteiger partial charge < -0.3 is 4.74 Å². The minimum absolute atomic E-state index is 0.0261. The lowest BCUT2D eigenvalue weighted by molar-refractivity contribution is -0.0337. The van der Waals surface area contributed by atoms with Crippen LogP contribution in [0.2, 0.25) is 0 Å². The summed E-state index contributed by atoms with van der Waals surface area (Å²) in [4.78, 5) is 13.7. The number of carbonyl (C=O) groups is 1. The molecule has 20 heavy (non-hydrogen) atoms. The Kier molecular flexibility index (Phi) is 3.40. The SMILES string of the molecule is CC1(C)OC(C(=O)c2ccccc2)Sc2ccccc21. The zero-order valence-electron chi connectivity index (χ0n) is 11.5. The summed E-state index contributed by atoms with van der Waals surface area (Å²) in [7, 11) is 0. The van der Waals surface area contributed by atoms with Crippen molar-refractivity contribution < 1.29 is 9.53 Å². The van der Waals surface area contributed by atoms with Crippen molar-refractivity contribution in [3.63, 3.8) is 0 Å². The second-order valence-corrected chi connectivity index (χ2v) is 6.41. The van der Waals surface area contributed by atoms with Gasteiger partial charge in [-0.1, -0.05) is 60.3 Å². The van der Waals surface area contributed by atoms with Crippen LogP contribution in [0.25, 0.3) is 0 Å². The molecule has 1 aliphatic rings. The van der Waals surface area contributed by atoms with E-state index in [4.69, 9.17) is 4.74 Å². The van der Waals surface area contributed by atoms with Gasteiger partial charge in [0.2, 0.25) is 5.78 Å². The fraction of sp³-hybridized carbons (Fsp3) is 0.235.